The molecule has 2 unspecified atom stereocenters. The topological polar surface area (TPSA) is 46.2 Å². The van der Waals surface area contributed by atoms with E-state index >= 15 is 0 Å². The van der Waals surface area contributed by atoms with Gasteiger partial charge in [-0.25, -0.2) is 0 Å². The lowest BCUT2D eigenvalue weighted by atomic mass is 9.63. The molecule has 0 amide bonds. The zero-order valence-electron chi connectivity index (χ0n) is 8.43. The number of nitrogens with two attached hydrogens (primary N) is 1. The van der Waals surface area contributed by atoms with Gasteiger partial charge in [-0.05, 0) is 26.7 Å². The molecule has 0 heterocycles. The van der Waals surface area contributed by atoms with Gasteiger partial charge < -0.3 is 10.8 Å². The van der Waals surface area contributed by atoms with Crippen LogP contribution in [0.5, 0.6) is 0 Å². The molecule has 0 aliphatic heterocycles. The molecule has 2 heteroatoms. The quantitative estimate of drug-likeness (QED) is 0.630. The first-order valence-electron chi connectivity index (χ1n) is 4.86. The molecular weight excluding hydrogens is 150 g/mol. The van der Waals surface area contributed by atoms with Gasteiger partial charge >= 0.3 is 0 Å². The van der Waals surface area contributed by atoms with Crippen LogP contribution in [-0.2, 0) is 0 Å². The summed E-state index contributed by atoms with van der Waals surface area (Å²) in [6, 6.07) is 0.159. The van der Waals surface area contributed by atoms with Gasteiger partial charge in [-0.1, -0.05) is 19.8 Å². The number of aliphatic hydroxyl groups is 1. The van der Waals surface area contributed by atoms with Crippen LogP contribution < -0.4 is 5.73 Å². The van der Waals surface area contributed by atoms with Gasteiger partial charge in [0.05, 0.1) is 5.60 Å². The molecule has 1 aliphatic carbocycles. The molecule has 12 heavy (non-hydrogen) atoms. The molecule has 3 N–H and O–H groups in total. The van der Waals surface area contributed by atoms with E-state index in [2.05, 4.69) is 6.92 Å². The molecule has 0 radical (unpaired) electrons. The van der Waals surface area contributed by atoms with E-state index in [0.717, 1.165) is 12.8 Å². The van der Waals surface area contributed by atoms with Gasteiger partial charge in [-0.2, -0.15) is 0 Å². The van der Waals surface area contributed by atoms with Crippen LogP contribution in [0.25, 0.3) is 0 Å². The van der Waals surface area contributed by atoms with Crippen molar-refractivity contribution < 1.29 is 5.11 Å². The fraction of sp³-hybridized carbons (Fsp3) is 1.00. The highest BCUT2D eigenvalue weighted by Gasteiger charge is 2.45. The lowest BCUT2D eigenvalue weighted by Gasteiger charge is -2.47. The Morgan fingerprint density at radius 2 is 2.00 bits per heavy atom. The van der Waals surface area contributed by atoms with Crippen molar-refractivity contribution in [3.8, 4) is 0 Å². The standard InChI is InChI=1S/C10H21NO/c1-9(2,12)10(3)7-5-4-6-8(10)11/h8,12H,4-7,11H2,1-3H3. The number of hydrogen-bond donors (Lipinski definition) is 2. The zero-order valence-corrected chi connectivity index (χ0v) is 8.43. The lowest BCUT2D eigenvalue weighted by Crippen LogP contribution is -2.54. The highest BCUT2D eigenvalue weighted by atomic mass is 16.3. The molecule has 1 saturated carbocycles. The maximum atomic E-state index is 9.99. The first-order valence-corrected chi connectivity index (χ1v) is 4.86. The van der Waals surface area contributed by atoms with E-state index in [4.69, 9.17) is 5.73 Å². The van der Waals surface area contributed by atoms with Crippen molar-refractivity contribution >= 4 is 0 Å². The molecule has 0 bridgehead atoms. The minimum atomic E-state index is -0.646. The monoisotopic (exact) mass is 171 g/mol. The van der Waals surface area contributed by atoms with Crippen LogP contribution >= 0.6 is 0 Å². The van der Waals surface area contributed by atoms with Gasteiger partial charge in [0.2, 0.25) is 0 Å². The van der Waals surface area contributed by atoms with Crippen LogP contribution in [0.4, 0.5) is 0 Å². The van der Waals surface area contributed by atoms with Gasteiger partial charge in [-0.15, -0.1) is 0 Å². The average Bonchev–Trinajstić information content (AvgIpc) is 1.93. The minimum Gasteiger partial charge on any atom is -0.390 e. The Hall–Kier alpha value is -0.0800. The number of hydrogen-bond acceptors (Lipinski definition) is 2. The average molecular weight is 171 g/mol. The summed E-state index contributed by atoms with van der Waals surface area (Å²) in [4.78, 5) is 0. The van der Waals surface area contributed by atoms with Crippen molar-refractivity contribution in [3.05, 3.63) is 0 Å². The fourth-order valence-electron chi connectivity index (χ4n) is 2.12. The Labute approximate surface area is 75.2 Å². The largest absolute Gasteiger partial charge is 0.390 e. The molecule has 0 aromatic heterocycles. The van der Waals surface area contributed by atoms with Crippen molar-refractivity contribution in [2.24, 2.45) is 11.1 Å². The predicted molar refractivity (Wildman–Crippen MR) is 50.8 cm³/mol. The van der Waals surface area contributed by atoms with Crippen LogP contribution in [-0.4, -0.2) is 16.7 Å². The van der Waals surface area contributed by atoms with Gasteiger partial charge in [0.25, 0.3) is 0 Å². The summed E-state index contributed by atoms with van der Waals surface area (Å²) in [5.41, 5.74) is 5.30. The Balaban J connectivity index is 2.79. The molecule has 0 aromatic carbocycles. The van der Waals surface area contributed by atoms with E-state index < -0.39 is 5.60 Å². The Morgan fingerprint density at radius 3 is 2.33 bits per heavy atom. The van der Waals surface area contributed by atoms with E-state index in [-0.39, 0.29) is 11.5 Å². The van der Waals surface area contributed by atoms with Gasteiger partial charge in [0.1, 0.15) is 0 Å². The summed E-state index contributed by atoms with van der Waals surface area (Å²) in [7, 11) is 0. The maximum absolute atomic E-state index is 9.99. The Bertz CT molecular complexity index is 162. The second-order valence-electron chi connectivity index (χ2n) is 4.83. The third-order valence-electron chi connectivity index (χ3n) is 3.68. The molecule has 0 saturated heterocycles. The van der Waals surface area contributed by atoms with Crippen LogP contribution in [0.1, 0.15) is 46.5 Å². The summed E-state index contributed by atoms with van der Waals surface area (Å²) in [6.45, 7) is 5.85. The summed E-state index contributed by atoms with van der Waals surface area (Å²) in [5.74, 6) is 0. The molecule has 72 valence electrons. The van der Waals surface area contributed by atoms with Gasteiger partial charge in [-0.3, -0.25) is 0 Å². The smallest absolute Gasteiger partial charge is 0.0659 e. The Morgan fingerprint density at radius 1 is 1.42 bits per heavy atom. The van der Waals surface area contributed by atoms with Crippen LogP contribution in [0, 0.1) is 5.41 Å². The fourth-order valence-corrected chi connectivity index (χ4v) is 2.12. The molecule has 0 spiro atoms. The zero-order chi connectivity index (χ0) is 9.41. The number of rotatable bonds is 1. The minimum absolute atomic E-state index is 0.0920. The van der Waals surface area contributed by atoms with E-state index in [0.29, 0.717) is 0 Å². The molecule has 1 rings (SSSR count). The van der Waals surface area contributed by atoms with Crippen molar-refractivity contribution in [1.29, 1.82) is 0 Å². The second kappa shape index (κ2) is 3.00. The first kappa shape index (κ1) is 10.0. The normalized spacial score (nSPS) is 38.2. The highest BCUT2D eigenvalue weighted by molar-refractivity contribution is 4.99. The van der Waals surface area contributed by atoms with Gasteiger partial charge in [0, 0.05) is 11.5 Å². The van der Waals surface area contributed by atoms with Crippen molar-refractivity contribution in [3.63, 3.8) is 0 Å². The third-order valence-corrected chi connectivity index (χ3v) is 3.68. The summed E-state index contributed by atoms with van der Waals surface area (Å²) in [5, 5.41) is 9.99. The van der Waals surface area contributed by atoms with E-state index in [9.17, 15) is 5.11 Å². The van der Waals surface area contributed by atoms with E-state index in [1.54, 1.807) is 0 Å². The van der Waals surface area contributed by atoms with Crippen molar-refractivity contribution in [1.82, 2.24) is 0 Å². The third kappa shape index (κ3) is 1.50. The second-order valence-corrected chi connectivity index (χ2v) is 4.83. The molecular formula is C10H21NO. The maximum Gasteiger partial charge on any atom is 0.0659 e. The Kier molecular flexibility index (Phi) is 2.50. The SMILES string of the molecule is CC(C)(O)C1(C)CCCCC1N. The summed E-state index contributed by atoms with van der Waals surface area (Å²) in [6.07, 6.45) is 4.53. The van der Waals surface area contributed by atoms with Crippen LogP contribution in [0.3, 0.4) is 0 Å². The molecule has 1 aliphatic rings. The van der Waals surface area contributed by atoms with E-state index in [1.165, 1.54) is 12.8 Å². The van der Waals surface area contributed by atoms with Crippen molar-refractivity contribution in [2.45, 2.75) is 58.1 Å². The molecule has 2 atom stereocenters. The predicted octanol–water partition coefficient (Wildman–Crippen LogP) is 1.66. The van der Waals surface area contributed by atoms with Gasteiger partial charge in [0.15, 0.2) is 0 Å². The molecule has 1 fully saturated rings. The lowest BCUT2D eigenvalue weighted by molar-refractivity contribution is -0.0761. The van der Waals surface area contributed by atoms with Crippen LogP contribution in [0.15, 0.2) is 0 Å². The molecule has 2 nitrogen and oxygen atoms in total. The van der Waals surface area contributed by atoms with Crippen molar-refractivity contribution in [2.75, 3.05) is 0 Å². The van der Waals surface area contributed by atoms with Crippen LogP contribution in [0.2, 0.25) is 0 Å². The molecule has 0 aromatic rings. The first-order chi connectivity index (χ1) is 5.38. The highest BCUT2D eigenvalue weighted by Crippen LogP contribution is 2.43. The summed E-state index contributed by atoms with van der Waals surface area (Å²) < 4.78 is 0. The summed E-state index contributed by atoms with van der Waals surface area (Å²) >= 11 is 0. The van der Waals surface area contributed by atoms with E-state index in [1.807, 2.05) is 13.8 Å².